The van der Waals surface area contributed by atoms with Crippen LogP contribution in [0, 0.1) is 31.1 Å². The summed E-state index contributed by atoms with van der Waals surface area (Å²) in [5.41, 5.74) is 5.49. The lowest BCUT2D eigenvalue weighted by atomic mass is 9.80. The topological polar surface area (TPSA) is 49.7 Å². The van der Waals surface area contributed by atoms with Crippen molar-refractivity contribution in [3.63, 3.8) is 0 Å². The van der Waals surface area contributed by atoms with E-state index in [4.69, 9.17) is 6.42 Å². The highest BCUT2D eigenvalue weighted by molar-refractivity contribution is 5.79. The van der Waals surface area contributed by atoms with Gasteiger partial charge in [0.1, 0.15) is 5.60 Å². The van der Waals surface area contributed by atoms with E-state index in [0.29, 0.717) is 6.42 Å². The predicted molar refractivity (Wildman–Crippen MR) is 153 cm³/mol. The van der Waals surface area contributed by atoms with Gasteiger partial charge in [0.2, 0.25) is 5.54 Å². The Hall–Kier alpha value is -4.26. The molecule has 4 aromatic rings. The molecule has 0 heterocycles. The van der Waals surface area contributed by atoms with Gasteiger partial charge in [0.15, 0.2) is 0 Å². The van der Waals surface area contributed by atoms with Crippen LogP contribution in [0.1, 0.15) is 57.9 Å². The Balaban J connectivity index is 0.000000173. The number of nitrogens with zero attached hydrogens (tertiary/aromatic N) is 1. The van der Waals surface area contributed by atoms with Gasteiger partial charge in [0, 0.05) is 11.1 Å². The first-order chi connectivity index (χ1) is 17.9. The average molecular weight is 486 g/mol. The Kier molecular flexibility index (Phi) is 7.53. The maximum Gasteiger partial charge on any atom is 0.213 e. The number of fused-ring (bicyclic) bond motifs is 2. The minimum atomic E-state index is -1.25. The van der Waals surface area contributed by atoms with E-state index in [1.165, 1.54) is 0 Å². The number of aliphatic hydroxyl groups is 1. The highest BCUT2D eigenvalue weighted by atomic mass is 16.3. The molecule has 3 heteroatoms. The van der Waals surface area contributed by atoms with Gasteiger partial charge in [0.05, 0.1) is 0 Å². The van der Waals surface area contributed by atoms with Gasteiger partial charge in [-0.25, -0.2) is 0 Å². The molecular formula is C34H31NO2. The van der Waals surface area contributed by atoms with Gasteiger partial charge in [-0.3, -0.25) is 0 Å². The van der Waals surface area contributed by atoms with Crippen molar-refractivity contribution in [2.75, 3.05) is 0 Å². The third-order valence-corrected chi connectivity index (χ3v) is 7.18. The van der Waals surface area contributed by atoms with Crippen LogP contribution in [0.3, 0.4) is 0 Å². The second-order valence-corrected chi connectivity index (χ2v) is 9.30. The molecule has 1 aliphatic rings. The fourth-order valence-electron chi connectivity index (χ4n) is 5.15. The number of hydrogen-bond acceptors (Lipinski definition) is 3. The van der Waals surface area contributed by atoms with Crippen LogP contribution in [-0.4, -0.2) is 5.11 Å². The maximum absolute atomic E-state index is 11.6. The fourth-order valence-corrected chi connectivity index (χ4v) is 5.15. The standard InChI is InChI=1S/C17H11NO.C17H20O/c1-2-17(18-19)15-9-5-3-7-13(15)11-12-14-8-4-6-10-16(14)17;1-4-17(18,15-11-7-5-9-13(15)2)16-12-8-6-10-14(16)3/h1,3-12H;5-12,18H,4H2,1-3H3. The minimum absolute atomic E-state index is 0.669. The van der Waals surface area contributed by atoms with Crippen LogP contribution in [0.25, 0.3) is 12.2 Å². The molecule has 0 amide bonds. The van der Waals surface area contributed by atoms with Crippen LogP contribution in [0.4, 0.5) is 0 Å². The van der Waals surface area contributed by atoms with Crippen LogP contribution in [-0.2, 0) is 11.1 Å². The van der Waals surface area contributed by atoms with Crippen molar-refractivity contribution >= 4 is 12.2 Å². The molecule has 3 nitrogen and oxygen atoms in total. The Morgan fingerprint density at radius 1 is 0.757 bits per heavy atom. The molecule has 184 valence electrons. The van der Waals surface area contributed by atoms with Crippen molar-refractivity contribution in [2.45, 2.75) is 38.3 Å². The molecule has 0 radical (unpaired) electrons. The summed E-state index contributed by atoms with van der Waals surface area (Å²) in [5, 5.41) is 14.4. The third kappa shape index (κ3) is 4.65. The van der Waals surface area contributed by atoms with Gasteiger partial charge in [-0.2, -0.15) is 0 Å². The van der Waals surface area contributed by atoms with E-state index in [9.17, 15) is 10.0 Å². The zero-order valence-corrected chi connectivity index (χ0v) is 21.5. The van der Waals surface area contributed by atoms with Gasteiger partial charge in [-0.15, -0.1) is 11.3 Å². The fraction of sp³-hybridized carbons (Fsp3) is 0.176. The third-order valence-electron chi connectivity index (χ3n) is 7.18. The SMILES string of the molecule is C#CC1(N=O)c2ccccc2C=Cc2ccccc21.CCC(O)(c1ccccc1C)c1ccccc1C. The minimum Gasteiger partial charge on any atom is -0.380 e. The molecule has 0 unspecified atom stereocenters. The lowest BCUT2D eigenvalue weighted by Gasteiger charge is -2.31. The number of rotatable bonds is 4. The normalized spacial score (nSPS) is 13.2. The molecule has 5 rings (SSSR count). The van der Waals surface area contributed by atoms with Crippen LogP contribution in [0.15, 0.2) is 102 Å². The quantitative estimate of drug-likeness (QED) is 0.237. The Morgan fingerprint density at radius 2 is 1.16 bits per heavy atom. The second-order valence-electron chi connectivity index (χ2n) is 9.30. The number of aryl methyl sites for hydroxylation is 2. The molecule has 4 aromatic carbocycles. The Bertz CT molecular complexity index is 1400. The summed E-state index contributed by atoms with van der Waals surface area (Å²) in [4.78, 5) is 11.6. The summed E-state index contributed by atoms with van der Waals surface area (Å²) in [6.07, 6.45) is 10.3. The van der Waals surface area contributed by atoms with E-state index in [2.05, 4.69) is 11.1 Å². The van der Waals surface area contributed by atoms with Gasteiger partial charge < -0.3 is 5.11 Å². The molecule has 0 aromatic heterocycles. The zero-order valence-electron chi connectivity index (χ0n) is 21.5. The van der Waals surface area contributed by atoms with Crippen LogP contribution < -0.4 is 0 Å². The van der Waals surface area contributed by atoms with E-state index < -0.39 is 11.1 Å². The van der Waals surface area contributed by atoms with Crippen molar-refractivity contribution in [2.24, 2.45) is 5.18 Å². The zero-order chi connectivity index (χ0) is 26.5. The maximum atomic E-state index is 11.6. The van der Waals surface area contributed by atoms with E-state index in [1.807, 2.05) is 130 Å². The van der Waals surface area contributed by atoms with Crippen LogP contribution >= 0.6 is 0 Å². The van der Waals surface area contributed by atoms with Crippen molar-refractivity contribution in [1.82, 2.24) is 0 Å². The van der Waals surface area contributed by atoms with Gasteiger partial charge in [-0.05, 0) is 58.8 Å². The van der Waals surface area contributed by atoms with Gasteiger partial charge in [-0.1, -0.05) is 122 Å². The molecule has 0 fully saturated rings. The van der Waals surface area contributed by atoms with Gasteiger partial charge >= 0.3 is 0 Å². The number of hydrogen-bond donors (Lipinski definition) is 1. The molecule has 0 saturated heterocycles. The van der Waals surface area contributed by atoms with Crippen molar-refractivity contribution in [3.8, 4) is 12.3 Å². The summed E-state index contributed by atoms with van der Waals surface area (Å²) in [5.74, 6) is 2.60. The molecule has 0 atom stereocenters. The Labute approximate surface area is 219 Å². The van der Waals surface area contributed by atoms with E-state index in [1.54, 1.807) is 0 Å². The first kappa shape index (κ1) is 25.8. The van der Waals surface area contributed by atoms with Crippen molar-refractivity contribution < 1.29 is 5.11 Å². The predicted octanol–water partition coefficient (Wildman–Crippen LogP) is 7.76. The molecule has 1 aliphatic carbocycles. The molecular weight excluding hydrogens is 454 g/mol. The largest absolute Gasteiger partial charge is 0.380 e. The molecule has 0 spiro atoms. The lowest BCUT2D eigenvalue weighted by Crippen LogP contribution is -2.28. The molecule has 37 heavy (non-hydrogen) atoms. The molecule has 1 N–H and O–H groups in total. The number of terminal acetylenes is 1. The van der Waals surface area contributed by atoms with Crippen LogP contribution in [0.2, 0.25) is 0 Å². The highest BCUT2D eigenvalue weighted by Crippen LogP contribution is 2.40. The first-order valence-corrected chi connectivity index (χ1v) is 12.4. The molecule has 0 bridgehead atoms. The summed E-state index contributed by atoms with van der Waals surface area (Å²) in [7, 11) is 0. The van der Waals surface area contributed by atoms with E-state index in [0.717, 1.165) is 44.5 Å². The smallest absolute Gasteiger partial charge is 0.213 e. The first-order valence-electron chi connectivity index (χ1n) is 12.4. The Morgan fingerprint density at radius 3 is 1.54 bits per heavy atom. The van der Waals surface area contributed by atoms with Gasteiger partial charge in [0.25, 0.3) is 0 Å². The van der Waals surface area contributed by atoms with Crippen molar-refractivity contribution in [3.05, 3.63) is 146 Å². The summed E-state index contributed by atoms with van der Waals surface area (Å²) in [6.45, 7) is 6.13. The molecule has 0 aliphatic heterocycles. The van der Waals surface area contributed by atoms with E-state index in [-0.39, 0.29) is 0 Å². The monoisotopic (exact) mass is 485 g/mol. The number of benzene rings is 4. The molecule has 0 saturated carbocycles. The second kappa shape index (κ2) is 10.8. The van der Waals surface area contributed by atoms with E-state index >= 15 is 0 Å². The summed E-state index contributed by atoms with van der Waals surface area (Å²) < 4.78 is 0. The average Bonchev–Trinajstić information content (AvgIpc) is 3.08. The van der Waals surface area contributed by atoms with Crippen molar-refractivity contribution in [1.29, 1.82) is 0 Å². The van der Waals surface area contributed by atoms with Crippen LogP contribution in [0.5, 0.6) is 0 Å². The lowest BCUT2D eigenvalue weighted by molar-refractivity contribution is 0.0752. The highest BCUT2D eigenvalue weighted by Gasteiger charge is 2.38. The number of nitroso groups, excluding NO2 is 1. The summed E-state index contributed by atoms with van der Waals surface area (Å²) >= 11 is 0. The summed E-state index contributed by atoms with van der Waals surface area (Å²) in [6, 6.07) is 31.3.